The first-order valence-corrected chi connectivity index (χ1v) is 7.10. The molecule has 0 atom stereocenters. The lowest BCUT2D eigenvalue weighted by Gasteiger charge is -2.34. The molecule has 0 aromatic carbocycles. The highest BCUT2D eigenvalue weighted by Crippen LogP contribution is 2.15. The Kier molecular flexibility index (Phi) is 4.13. The van der Waals surface area contributed by atoms with Gasteiger partial charge in [0.2, 0.25) is 11.8 Å². The number of methoxy groups -OCH3 is 1. The van der Waals surface area contributed by atoms with Crippen molar-refractivity contribution >= 4 is 11.9 Å². The Morgan fingerprint density at radius 3 is 2.59 bits per heavy atom. The Morgan fingerprint density at radius 1 is 1.09 bits per heavy atom. The molecule has 1 saturated heterocycles. The molecule has 0 N–H and O–H groups in total. The van der Waals surface area contributed by atoms with Crippen molar-refractivity contribution in [1.29, 1.82) is 0 Å². The maximum absolute atomic E-state index is 12.3. The molecule has 0 unspecified atom stereocenters. The molecular weight excluding hydrogens is 282 g/mol. The van der Waals surface area contributed by atoms with Crippen LogP contribution in [-0.4, -0.2) is 59.0 Å². The first-order valence-electron chi connectivity index (χ1n) is 7.10. The summed E-state index contributed by atoms with van der Waals surface area (Å²) in [5.74, 6) is 1.13. The van der Waals surface area contributed by atoms with Crippen LogP contribution in [0, 0.1) is 0 Å². The van der Waals surface area contributed by atoms with Crippen molar-refractivity contribution in [2.45, 2.75) is 0 Å². The average molecular weight is 299 g/mol. The van der Waals surface area contributed by atoms with Crippen LogP contribution in [0.25, 0.3) is 0 Å². The van der Waals surface area contributed by atoms with E-state index in [0.29, 0.717) is 43.7 Å². The van der Waals surface area contributed by atoms with Gasteiger partial charge >= 0.3 is 0 Å². The Morgan fingerprint density at radius 2 is 1.91 bits per heavy atom. The van der Waals surface area contributed by atoms with E-state index in [0.717, 1.165) is 0 Å². The van der Waals surface area contributed by atoms with Crippen LogP contribution in [-0.2, 0) is 0 Å². The van der Waals surface area contributed by atoms with Gasteiger partial charge in [0.05, 0.1) is 7.11 Å². The molecule has 22 heavy (non-hydrogen) atoms. The van der Waals surface area contributed by atoms with Gasteiger partial charge in [-0.1, -0.05) is 6.07 Å². The average Bonchev–Trinajstić information content (AvgIpc) is 2.62. The first-order chi connectivity index (χ1) is 10.8. The van der Waals surface area contributed by atoms with Crippen LogP contribution >= 0.6 is 0 Å². The van der Waals surface area contributed by atoms with Gasteiger partial charge in [-0.25, -0.2) is 4.98 Å². The molecule has 1 fully saturated rings. The second-order valence-electron chi connectivity index (χ2n) is 4.89. The Bertz CT molecular complexity index is 641. The minimum absolute atomic E-state index is 0.0354. The number of rotatable bonds is 3. The summed E-state index contributed by atoms with van der Waals surface area (Å²) in [5, 5.41) is 0. The van der Waals surface area contributed by atoms with Crippen molar-refractivity contribution in [3.63, 3.8) is 0 Å². The van der Waals surface area contributed by atoms with Crippen LogP contribution in [0.5, 0.6) is 5.88 Å². The summed E-state index contributed by atoms with van der Waals surface area (Å²) in [6, 6.07) is 7.07. The number of pyridine rings is 1. The molecule has 0 spiro atoms. The molecule has 0 aliphatic carbocycles. The zero-order valence-corrected chi connectivity index (χ0v) is 12.3. The second kappa shape index (κ2) is 6.38. The van der Waals surface area contributed by atoms with Crippen molar-refractivity contribution < 1.29 is 9.53 Å². The third-order valence-electron chi connectivity index (χ3n) is 3.56. The van der Waals surface area contributed by atoms with E-state index in [1.54, 1.807) is 42.6 Å². The lowest BCUT2D eigenvalue weighted by molar-refractivity contribution is 0.0740. The van der Waals surface area contributed by atoms with E-state index in [1.165, 1.54) is 0 Å². The minimum Gasteiger partial charge on any atom is -0.481 e. The topological polar surface area (TPSA) is 71.5 Å². The maximum Gasteiger partial charge on any atom is 0.272 e. The predicted octanol–water partition coefficient (Wildman–Crippen LogP) is 0.843. The standard InChI is InChI=1S/C15H17N5O2/c1-22-13-5-7-17-15(18-13)20-10-8-19(9-11-20)14(21)12-4-2-3-6-16-12/h2-7H,8-11H2,1H3. The van der Waals surface area contributed by atoms with Gasteiger partial charge in [0, 0.05) is 44.6 Å². The molecule has 0 radical (unpaired) electrons. The van der Waals surface area contributed by atoms with Crippen LogP contribution < -0.4 is 9.64 Å². The number of amides is 1. The molecule has 114 valence electrons. The third-order valence-corrected chi connectivity index (χ3v) is 3.56. The van der Waals surface area contributed by atoms with Gasteiger partial charge in [-0.2, -0.15) is 4.98 Å². The van der Waals surface area contributed by atoms with Crippen LogP contribution in [0.1, 0.15) is 10.5 Å². The van der Waals surface area contributed by atoms with Crippen molar-refractivity contribution in [3.05, 3.63) is 42.4 Å². The van der Waals surface area contributed by atoms with E-state index in [4.69, 9.17) is 4.74 Å². The quantitative estimate of drug-likeness (QED) is 0.836. The molecule has 3 rings (SSSR count). The van der Waals surface area contributed by atoms with Gasteiger partial charge in [-0.3, -0.25) is 9.78 Å². The van der Waals surface area contributed by atoms with E-state index in [2.05, 4.69) is 15.0 Å². The van der Waals surface area contributed by atoms with Crippen molar-refractivity contribution in [2.24, 2.45) is 0 Å². The van der Waals surface area contributed by atoms with Crippen molar-refractivity contribution in [3.8, 4) is 5.88 Å². The van der Waals surface area contributed by atoms with Crippen LogP contribution in [0.4, 0.5) is 5.95 Å². The normalized spacial score (nSPS) is 14.8. The highest BCUT2D eigenvalue weighted by atomic mass is 16.5. The summed E-state index contributed by atoms with van der Waals surface area (Å²) < 4.78 is 5.11. The lowest BCUT2D eigenvalue weighted by atomic mass is 10.2. The number of hydrogen-bond donors (Lipinski definition) is 0. The smallest absolute Gasteiger partial charge is 0.272 e. The number of carbonyl (C=O) groups is 1. The summed E-state index contributed by atoms with van der Waals surface area (Å²) in [4.78, 5) is 28.9. The molecular formula is C15H17N5O2. The molecule has 1 aliphatic heterocycles. The van der Waals surface area contributed by atoms with Gasteiger partial charge in [0.15, 0.2) is 0 Å². The zero-order valence-electron chi connectivity index (χ0n) is 12.3. The van der Waals surface area contributed by atoms with Crippen LogP contribution in [0.15, 0.2) is 36.7 Å². The highest BCUT2D eigenvalue weighted by Gasteiger charge is 2.24. The van der Waals surface area contributed by atoms with E-state index in [9.17, 15) is 4.79 Å². The van der Waals surface area contributed by atoms with Gasteiger partial charge in [-0.05, 0) is 12.1 Å². The van der Waals surface area contributed by atoms with Gasteiger partial charge in [-0.15, -0.1) is 0 Å². The molecule has 1 amide bonds. The Labute approximate surface area is 128 Å². The van der Waals surface area contributed by atoms with Crippen LogP contribution in [0.2, 0.25) is 0 Å². The number of hydrogen-bond acceptors (Lipinski definition) is 6. The largest absolute Gasteiger partial charge is 0.481 e. The SMILES string of the molecule is COc1ccnc(N2CCN(C(=O)c3ccccn3)CC2)n1. The van der Waals surface area contributed by atoms with Crippen molar-refractivity contribution in [2.75, 3.05) is 38.2 Å². The first kappa shape index (κ1) is 14.2. The third kappa shape index (κ3) is 2.98. The number of piperazine rings is 1. The lowest BCUT2D eigenvalue weighted by Crippen LogP contribution is -2.49. The predicted molar refractivity (Wildman–Crippen MR) is 80.9 cm³/mol. The van der Waals surface area contributed by atoms with Crippen molar-refractivity contribution in [1.82, 2.24) is 19.9 Å². The van der Waals surface area contributed by atoms with Gasteiger partial charge in [0.1, 0.15) is 5.69 Å². The number of ether oxygens (including phenoxy) is 1. The summed E-state index contributed by atoms with van der Waals surface area (Å²) in [6.07, 6.45) is 3.31. The Hall–Kier alpha value is -2.70. The molecule has 1 aliphatic rings. The summed E-state index contributed by atoms with van der Waals surface area (Å²) in [5.41, 5.74) is 0.480. The molecule has 0 saturated carbocycles. The number of nitrogens with zero attached hydrogens (tertiary/aromatic N) is 5. The van der Waals surface area contributed by atoms with E-state index in [1.807, 2.05) is 11.0 Å². The fourth-order valence-corrected chi connectivity index (χ4v) is 2.36. The highest BCUT2D eigenvalue weighted by molar-refractivity contribution is 5.92. The minimum atomic E-state index is -0.0354. The number of aromatic nitrogens is 3. The molecule has 0 bridgehead atoms. The molecule has 7 heteroatoms. The summed E-state index contributed by atoms with van der Waals surface area (Å²) in [7, 11) is 1.58. The summed E-state index contributed by atoms with van der Waals surface area (Å²) in [6.45, 7) is 2.61. The zero-order chi connectivity index (χ0) is 15.4. The summed E-state index contributed by atoms with van der Waals surface area (Å²) >= 11 is 0. The fraction of sp³-hybridized carbons (Fsp3) is 0.333. The van der Waals surface area contributed by atoms with E-state index >= 15 is 0 Å². The molecule has 3 heterocycles. The monoisotopic (exact) mass is 299 g/mol. The van der Waals surface area contributed by atoms with Crippen LogP contribution in [0.3, 0.4) is 0 Å². The fourth-order valence-electron chi connectivity index (χ4n) is 2.36. The second-order valence-corrected chi connectivity index (χ2v) is 4.89. The molecule has 2 aromatic rings. The van der Waals surface area contributed by atoms with Gasteiger partial charge in [0.25, 0.3) is 5.91 Å². The van der Waals surface area contributed by atoms with E-state index in [-0.39, 0.29) is 5.91 Å². The molecule has 7 nitrogen and oxygen atoms in total. The Balaban J connectivity index is 1.64. The number of anilines is 1. The molecule has 2 aromatic heterocycles. The number of carbonyl (C=O) groups excluding carboxylic acids is 1. The van der Waals surface area contributed by atoms with Gasteiger partial charge < -0.3 is 14.5 Å². The van der Waals surface area contributed by atoms with E-state index < -0.39 is 0 Å². The maximum atomic E-state index is 12.3.